The summed E-state index contributed by atoms with van der Waals surface area (Å²) in [5.41, 5.74) is 3.67. The monoisotopic (exact) mass is 346 g/mol. The van der Waals surface area contributed by atoms with E-state index in [4.69, 9.17) is 8.94 Å². The molecule has 0 aliphatic carbocycles. The van der Waals surface area contributed by atoms with Crippen molar-refractivity contribution in [3.63, 3.8) is 0 Å². The molecule has 26 heavy (non-hydrogen) atoms. The Kier molecular flexibility index (Phi) is 3.84. The van der Waals surface area contributed by atoms with Gasteiger partial charge >= 0.3 is 0 Å². The number of fused-ring (bicyclic) bond motifs is 1. The Hall–Kier alpha value is -3.34. The highest BCUT2D eigenvalue weighted by Gasteiger charge is 2.13. The molecule has 0 saturated heterocycles. The van der Waals surface area contributed by atoms with E-state index in [1.807, 2.05) is 61.7 Å². The largest absolute Gasteiger partial charge is 0.453 e. The smallest absolute Gasteiger partial charge is 0.221 e. The van der Waals surface area contributed by atoms with E-state index in [1.165, 1.54) is 6.08 Å². The highest BCUT2D eigenvalue weighted by Crippen LogP contribution is 2.23. The van der Waals surface area contributed by atoms with Crippen LogP contribution >= 0.6 is 0 Å². The van der Waals surface area contributed by atoms with Crippen molar-refractivity contribution in [3.8, 4) is 5.82 Å². The Morgan fingerprint density at radius 3 is 2.65 bits per heavy atom. The number of carbonyl (C=O) groups excluding carboxylic acids is 1. The molecule has 0 fully saturated rings. The first-order chi connectivity index (χ1) is 12.5. The average Bonchev–Trinajstić information content (AvgIpc) is 3.30. The Labute approximate surface area is 150 Å². The first kappa shape index (κ1) is 16.1. The minimum Gasteiger partial charge on any atom is -0.453 e. The van der Waals surface area contributed by atoms with Crippen LogP contribution < -0.4 is 0 Å². The number of benzene rings is 1. The first-order valence-electron chi connectivity index (χ1n) is 8.36. The summed E-state index contributed by atoms with van der Waals surface area (Å²) in [6.07, 6.45) is 3.35. The van der Waals surface area contributed by atoms with Crippen molar-refractivity contribution < 1.29 is 13.7 Å². The van der Waals surface area contributed by atoms with Gasteiger partial charge in [-0.15, -0.1) is 0 Å². The lowest BCUT2D eigenvalue weighted by Crippen LogP contribution is -1.99. The molecule has 0 radical (unpaired) electrons. The van der Waals surface area contributed by atoms with E-state index in [0.29, 0.717) is 11.3 Å². The highest BCUT2D eigenvalue weighted by molar-refractivity contribution is 6.07. The predicted octanol–water partition coefficient (Wildman–Crippen LogP) is 5.03. The van der Waals surface area contributed by atoms with E-state index in [0.717, 1.165) is 33.9 Å². The van der Waals surface area contributed by atoms with Gasteiger partial charge in [0.2, 0.25) is 5.78 Å². The topological polar surface area (TPSA) is 61.2 Å². The number of rotatable bonds is 4. The van der Waals surface area contributed by atoms with Crippen LogP contribution in [0.3, 0.4) is 0 Å². The molecular formula is C21H18N2O3. The fraction of sp³-hybridized carbons (Fsp3) is 0.143. The molecule has 5 nitrogen and oxygen atoms in total. The lowest BCUT2D eigenvalue weighted by Gasteiger charge is -2.03. The molecule has 0 atom stereocenters. The third kappa shape index (κ3) is 2.77. The molecule has 4 rings (SSSR count). The number of aromatic nitrogens is 2. The van der Waals surface area contributed by atoms with Crippen molar-refractivity contribution >= 4 is 22.8 Å². The minimum absolute atomic E-state index is 0.164. The zero-order chi connectivity index (χ0) is 18.3. The lowest BCUT2D eigenvalue weighted by molar-refractivity contribution is 0.102. The van der Waals surface area contributed by atoms with E-state index < -0.39 is 0 Å². The number of hydrogen-bond acceptors (Lipinski definition) is 4. The molecule has 4 aromatic rings. The molecule has 1 aromatic carbocycles. The summed E-state index contributed by atoms with van der Waals surface area (Å²) >= 11 is 0. The van der Waals surface area contributed by atoms with Crippen molar-refractivity contribution in [2.24, 2.45) is 0 Å². The second kappa shape index (κ2) is 6.19. The van der Waals surface area contributed by atoms with Crippen molar-refractivity contribution in [1.82, 2.24) is 9.72 Å². The molecule has 0 aliphatic rings. The van der Waals surface area contributed by atoms with Gasteiger partial charge in [-0.2, -0.15) is 0 Å². The minimum atomic E-state index is -0.164. The number of allylic oxidation sites excluding steroid dienone is 1. The summed E-state index contributed by atoms with van der Waals surface area (Å²) in [5.74, 6) is 1.66. The Morgan fingerprint density at radius 2 is 1.92 bits per heavy atom. The van der Waals surface area contributed by atoms with Gasteiger partial charge in [-0.3, -0.25) is 9.36 Å². The fourth-order valence-corrected chi connectivity index (χ4v) is 3.12. The Morgan fingerprint density at radius 1 is 1.12 bits per heavy atom. The summed E-state index contributed by atoms with van der Waals surface area (Å²) in [6.45, 7) is 5.84. The lowest BCUT2D eigenvalue weighted by atomic mass is 10.2. The maximum Gasteiger partial charge on any atom is 0.221 e. The normalized spacial score (nSPS) is 11.7. The number of para-hydroxylation sites is 1. The predicted molar refractivity (Wildman–Crippen MR) is 99.6 cm³/mol. The average molecular weight is 346 g/mol. The second-order valence-electron chi connectivity index (χ2n) is 6.30. The number of nitrogens with zero attached hydrogens (tertiary/aromatic N) is 2. The van der Waals surface area contributed by atoms with Crippen LogP contribution in [0, 0.1) is 20.8 Å². The van der Waals surface area contributed by atoms with Gasteiger partial charge in [-0.1, -0.05) is 23.4 Å². The molecule has 3 heterocycles. The van der Waals surface area contributed by atoms with Crippen molar-refractivity contribution in [1.29, 1.82) is 0 Å². The molecule has 5 heteroatoms. The van der Waals surface area contributed by atoms with E-state index in [2.05, 4.69) is 5.16 Å². The molecule has 0 saturated carbocycles. The van der Waals surface area contributed by atoms with E-state index in [-0.39, 0.29) is 5.78 Å². The molecule has 0 amide bonds. The highest BCUT2D eigenvalue weighted by atomic mass is 16.5. The Bertz CT molecular complexity index is 1110. The van der Waals surface area contributed by atoms with Crippen LogP contribution in [0.15, 0.2) is 57.5 Å². The molecular weight excluding hydrogens is 328 g/mol. The summed E-state index contributed by atoms with van der Waals surface area (Å²) in [6, 6.07) is 13.2. The van der Waals surface area contributed by atoms with E-state index in [1.54, 1.807) is 12.1 Å². The van der Waals surface area contributed by atoms with Gasteiger partial charge in [-0.25, -0.2) is 0 Å². The summed E-state index contributed by atoms with van der Waals surface area (Å²) in [5, 5.41) is 4.99. The molecule has 0 spiro atoms. The quantitative estimate of drug-likeness (QED) is 0.384. The van der Waals surface area contributed by atoms with Gasteiger partial charge in [0.25, 0.3) is 0 Å². The molecule has 3 aromatic heterocycles. The third-order valence-electron chi connectivity index (χ3n) is 4.40. The van der Waals surface area contributed by atoms with Crippen LogP contribution in [0.1, 0.15) is 33.3 Å². The van der Waals surface area contributed by atoms with E-state index in [9.17, 15) is 4.79 Å². The number of aryl methyl sites for hydroxylation is 2. The maximum atomic E-state index is 12.4. The van der Waals surface area contributed by atoms with Crippen LogP contribution in [0.2, 0.25) is 0 Å². The van der Waals surface area contributed by atoms with Crippen molar-refractivity contribution in [3.05, 3.63) is 77.0 Å². The van der Waals surface area contributed by atoms with Gasteiger partial charge in [0.15, 0.2) is 11.6 Å². The van der Waals surface area contributed by atoms with Gasteiger partial charge in [0.1, 0.15) is 11.3 Å². The fourth-order valence-electron chi connectivity index (χ4n) is 3.12. The summed E-state index contributed by atoms with van der Waals surface area (Å²) in [4.78, 5) is 12.4. The van der Waals surface area contributed by atoms with Crippen molar-refractivity contribution in [2.45, 2.75) is 20.8 Å². The van der Waals surface area contributed by atoms with Gasteiger partial charge in [0.05, 0.1) is 0 Å². The van der Waals surface area contributed by atoms with Crippen LogP contribution in [-0.2, 0) is 0 Å². The molecule has 0 aliphatic heterocycles. The Balaban J connectivity index is 1.63. The van der Waals surface area contributed by atoms with Crippen LogP contribution in [0.4, 0.5) is 0 Å². The zero-order valence-corrected chi connectivity index (χ0v) is 14.8. The molecule has 130 valence electrons. The van der Waals surface area contributed by atoms with Gasteiger partial charge in [-0.05, 0) is 56.7 Å². The van der Waals surface area contributed by atoms with Crippen LogP contribution in [0.5, 0.6) is 0 Å². The van der Waals surface area contributed by atoms with Crippen molar-refractivity contribution in [2.75, 3.05) is 0 Å². The number of ketones is 1. The first-order valence-corrected chi connectivity index (χ1v) is 8.36. The number of carbonyl (C=O) groups is 1. The number of hydrogen-bond donors (Lipinski definition) is 0. The maximum absolute atomic E-state index is 12.4. The third-order valence-corrected chi connectivity index (χ3v) is 4.40. The van der Waals surface area contributed by atoms with Crippen LogP contribution in [0.25, 0.3) is 22.9 Å². The number of furan rings is 1. The van der Waals surface area contributed by atoms with Gasteiger partial charge in [0, 0.05) is 22.8 Å². The SMILES string of the molecule is Cc1cc(-n2c(C)cc(/C=C/C(=O)c3cc4ccccc4o3)c2C)no1. The van der Waals surface area contributed by atoms with Crippen LogP contribution in [-0.4, -0.2) is 15.5 Å². The summed E-state index contributed by atoms with van der Waals surface area (Å²) < 4.78 is 12.8. The summed E-state index contributed by atoms with van der Waals surface area (Å²) in [7, 11) is 0. The molecule has 0 N–H and O–H groups in total. The molecule has 0 unspecified atom stereocenters. The second-order valence-corrected chi connectivity index (χ2v) is 6.30. The molecule has 0 bridgehead atoms. The standard InChI is InChI=1S/C21H18N2O3/c1-13-10-16(15(3)23(13)21-11-14(2)26-22-21)8-9-18(24)20-12-17-6-4-5-7-19(17)25-20/h4-12H,1-3H3/b9-8+. The van der Waals surface area contributed by atoms with E-state index >= 15 is 0 Å². The van der Waals surface area contributed by atoms with Gasteiger partial charge < -0.3 is 8.94 Å². The zero-order valence-electron chi connectivity index (χ0n) is 14.8.